The molecule has 1 saturated carbocycles. The number of hydrogen-bond donors (Lipinski definition) is 2. The fraction of sp³-hybridized carbons (Fsp3) is 0.500. The molecule has 0 bridgehead atoms. The second kappa shape index (κ2) is 6.00. The van der Waals surface area contributed by atoms with Crippen LogP contribution >= 0.6 is 0 Å². The zero-order valence-electron chi connectivity index (χ0n) is 11.9. The van der Waals surface area contributed by atoms with Gasteiger partial charge in [0.25, 0.3) is 5.91 Å². The van der Waals surface area contributed by atoms with Gasteiger partial charge in [0, 0.05) is 19.2 Å². The first-order chi connectivity index (χ1) is 9.58. The summed E-state index contributed by atoms with van der Waals surface area (Å²) in [6.07, 6.45) is 1.90. The number of nitrogen functional groups attached to an aromatic ring is 1. The summed E-state index contributed by atoms with van der Waals surface area (Å²) in [7, 11) is 4.70. The van der Waals surface area contributed by atoms with Crippen molar-refractivity contribution >= 4 is 11.6 Å². The van der Waals surface area contributed by atoms with Crippen molar-refractivity contribution in [1.82, 2.24) is 5.32 Å². The molecule has 0 atom stereocenters. The lowest BCUT2D eigenvalue weighted by atomic mass is 9.89. The predicted octanol–water partition coefficient (Wildman–Crippen LogP) is 1.19. The molecule has 3 N–H and O–H groups in total. The third-order valence-corrected chi connectivity index (χ3v) is 3.56. The van der Waals surface area contributed by atoms with Crippen LogP contribution in [0.1, 0.15) is 23.2 Å². The predicted molar refractivity (Wildman–Crippen MR) is 75.2 cm³/mol. The first kappa shape index (κ1) is 14.5. The highest BCUT2D eigenvalue weighted by atomic mass is 16.5. The third kappa shape index (κ3) is 2.80. The molecule has 0 aliphatic heterocycles. The van der Waals surface area contributed by atoms with Crippen molar-refractivity contribution in [3.63, 3.8) is 0 Å². The van der Waals surface area contributed by atoms with Crippen molar-refractivity contribution in [2.24, 2.45) is 0 Å². The number of nitrogens with one attached hydrogen (secondary N) is 1. The van der Waals surface area contributed by atoms with Crippen LogP contribution in [0.25, 0.3) is 0 Å². The zero-order valence-corrected chi connectivity index (χ0v) is 11.9. The van der Waals surface area contributed by atoms with E-state index in [0.29, 0.717) is 22.7 Å². The van der Waals surface area contributed by atoms with E-state index in [-0.39, 0.29) is 18.1 Å². The maximum Gasteiger partial charge on any atom is 0.255 e. The largest absolute Gasteiger partial charge is 0.496 e. The molecular formula is C14H20N2O4. The summed E-state index contributed by atoms with van der Waals surface area (Å²) in [5.41, 5.74) is 6.65. The minimum Gasteiger partial charge on any atom is -0.496 e. The summed E-state index contributed by atoms with van der Waals surface area (Å²) in [5.74, 6) is 0.730. The Morgan fingerprint density at radius 1 is 1.20 bits per heavy atom. The van der Waals surface area contributed by atoms with Crippen LogP contribution in [0.15, 0.2) is 12.1 Å². The fourth-order valence-corrected chi connectivity index (χ4v) is 2.24. The molecule has 0 saturated heterocycles. The van der Waals surface area contributed by atoms with Crippen LogP contribution in [0.4, 0.5) is 5.69 Å². The molecule has 1 aliphatic carbocycles. The van der Waals surface area contributed by atoms with E-state index < -0.39 is 0 Å². The maximum atomic E-state index is 12.2. The molecule has 1 aromatic carbocycles. The Morgan fingerprint density at radius 2 is 1.85 bits per heavy atom. The Bertz CT molecular complexity index is 498. The highest BCUT2D eigenvalue weighted by Crippen LogP contribution is 2.31. The van der Waals surface area contributed by atoms with E-state index in [1.54, 1.807) is 19.2 Å². The number of amides is 1. The number of rotatable bonds is 5. The lowest BCUT2D eigenvalue weighted by Crippen LogP contribution is -2.47. The average molecular weight is 280 g/mol. The van der Waals surface area contributed by atoms with Gasteiger partial charge in [0.2, 0.25) is 0 Å². The molecule has 0 heterocycles. The molecule has 1 aliphatic rings. The van der Waals surface area contributed by atoms with Crippen molar-refractivity contribution in [3.05, 3.63) is 17.7 Å². The zero-order chi connectivity index (χ0) is 14.7. The van der Waals surface area contributed by atoms with Crippen LogP contribution in [0.2, 0.25) is 0 Å². The molecule has 6 heteroatoms. The number of anilines is 1. The molecule has 1 aromatic rings. The van der Waals surface area contributed by atoms with Gasteiger partial charge in [-0.15, -0.1) is 0 Å². The monoisotopic (exact) mass is 280 g/mol. The molecule has 1 amide bonds. The smallest absolute Gasteiger partial charge is 0.255 e. The van der Waals surface area contributed by atoms with Crippen molar-refractivity contribution in [3.8, 4) is 11.5 Å². The number of nitrogens with two attached hydrogens (primary N) is 1. The van der Waals surface area contributed by atoms with Gasteiger partial charge >= 0.3 is 0 Å². The van der Waals surface area contributed by atoms with Gasteiger partial charge < -0.3 is 25.3 Å². The first-order valence-electron chi connectivity index (χ1n) is 6.44. The molecule has 2 rings (SSSR count). The van der Waals surface area contributed by atoms with Gasteiger partial charge in [0.1, 0.15) is 11.5 Å². The van der Waals surface area contributed by atoms with E-state index in [2.05, 4.69) is 5.32 Å². The summed E-state index contributed by atoms with van der Waals surface area (Å²) in [4.78, 5) is 12.2. The van der Waals surface area contributed by atoms with Gasteiger partial charge in [-0.05, 0) is 18.9 Å². The molecule has 1 fully saturated rings. The molecule has 0 radical (unpaired) electrons. The maximum absolute atomic E-state index is 12.2. The molecule has 110 valence electrons. The van der Waals surface area contributed by atoms with Crippen molar-refractivity contribution in [2.75, 3.05) is 27.1 Å². The molecular weight excluding hydrogens is 260 g/mol. The van der Waals surface area contributed by atoms with Crippen molar-refractivity contribution in [2.45, 2.75) is 25.0 Å². The van der Waals surface area contributed by atoms with E-state index in [9.17, 15) is 4.79 Å². The lowest BCUT2D eigenvalue weighted by Gasteiger charge is -2.34. The standard InChI is InChI=1S/C14H20N2O4/c1-18-9-4-8(5-9)16-14(17)10-6-11(15)13(20-3)7-12(10)19-2/h6-9H,4-5,15H2,1-3H3,(H,16,17). The average Bonchev–Trinajstić information content (AvgIpc) is 2.41. The van der Waals surface area contributed by atoms with Crippen LogP contribution in [0.3, 0.4) is 0 Å². The number of carbonyl (C=O) groups excluding carboxylic acids is 1. The van der Waals surface area contributed by atoms with Crippen LogP contribution in [0.5, 0.6) is 11.5 Å². The molecule has 0 aromatic heterocycles. The fourth-order valence-electron chi connectivity index (χ4n) is 2.24. The number of hydrogen-bond acceptors (Lipinski definition) is 5. The summed E-state index contributed by atoms with van der Waals surface area (Å²) in [6.45, 7) is 0. The molecule has 0 unspecified atom stereocenters. The van der Waals surface area contributed by atoms with Crippen molar-refractivity contribution in [1.29, 1.82) is 0 Å². The normalized spacial score (nSPS) is 20.9. The van der Waals surface area contributed by atoms with Crippen molar-refractivity contribution < 1.29 is 19.0 Å². The van der Waals surface area contributed by atoms with Crippen LogP contribution in [-0.2, 0) is 4.74 Å². The molecule has 0 spiro atoms. The van der Waals surface area contributed by atoms with E-state index >= 15 is 0 Å². The lowest BCUT2D eigenvalue weighted by molar-refractivity contribution is 0.0176. The first-order valence-corrected chi connectivity index (χ1v) is 6.44. The van der Waals surface area contributed by atoms with E-state index in [1.165, 1.54) is 14.2 Å². The quantitative estimate of drug-likeness (QED) is 0.792. The Morgan fingerprint density at radius 3 is 2.40 bits per heavy atom. The number of ether oxygens (including phenoxy) is 3. The van der Waals surface area contributed by atoms with E-state index in [4.69, 9.17) is 19.9 Å². The SMILES string of the molecule is COc1cc(OC)c(C(=O)NC2CC(OC)C2)cc1N. The Balaban J connectivity index is 2.11. The second-order valence-electron chi connectivity index (χ2n) is 4.79. The summed E-state index contributed by atoms with van der Waals surface area (Å²) in [5, 5.41) is 2.94. The number of carbonyl (C=O) groups is 1. The summed E-state index contributed by atoms with van der Waals surface area (Å²) >= 11 is 0. The van der Waals surface area contributed by atoms with Gasteiger partial charge in [0.05, 0.1) is 31.6 Å². The second-order valence-corrected chi connectivity index (χ2v) is 4.79. The van der Waals surface area contributed by atoms with Crippen LogP contribution in [-0.4, -0.2) is 39.4 Å². The Labute approximate surface area is 118 Å². The topological polar surface area (TPSA) is 82.8 Å². The van der Waals surface area contributed by atoms with Gasteiger partial charge in [-0.2, -0.15) is 0 Å². The van der Waals surface area contributed by atoms with Gasteiger partial charge in [-0.3, -0.25) is 4.79 Å². The Kier molecular flexibility index (Phi) is 4.34. The third-order valence-electron chi connectivity index (χ3n) is 3.56. The highest BCUT2D eigenvalue weighted by molar-refractivity contribution is 5.98. The minimum atomic E-state index is -0.198. The summed E-state index contributed by atoms with van der Waals surface area (Å²) in [6, 6.07) is 3.32. The number of benzene rings is 1. The van der Waals surface area contributed by atoms with Gasteiger partial charge in [-0.1, -0.05) is 0 Å². The van der Waals surface area contributed by atoms with E-state index in [1.807, 2.05) is 0 Å². The van der Waals surface area contributed by atoms with Crippen LogP contribution < -0.4 is 20.5 Å². The Hall–Kier alpha value is -1.95. The van der Waals surface area contributed by atoms with Crippen LogP contribution in [0, 0.1) is 0 Å². The minimum absolute atomic E-state index is 0.139. The highest BCUT2D eigenvalue weighted by Gasteiger charge is 2.31. The molecule has 6 nitrogen and oxygen atoms in total. The van der Waals surface area contributed by atoms with Gasteiger partial charge in [-0.25, -0.2) is 0 Å². The molecule has 20 heavy (non-hydrogen) atoms. The van der Waals surface area contributed by atoms with Gasteiger partial charge in [0.15, 0.2) is 0 Å². The van der Waals surface area contributed by atoms with E-state index in [0.717, 1.165) is 12.8 Å². The number of methoxy groups -OCH3 is 3. The summed E-state index contributed by atoms with van der Waals surface area (Å²) < 4.78 is 15.5.